The Morgan fingerprint density at radius 1 is 1.53 bits per heavy atom. The van der Waals surface area contributed by atoms with Crippen LogP contribution in [0.1, 0.15) is 31.7 Å². The fourth-order valence-electron chi connectivity index (χ4n) is 2.50. The molecule has 0 radical (unpaired) electrons. The molecule has 3 nitrogen and oxygen atoms in total. The summed E-state index contributed by atoms with van der Waals surface area (Å²) in [6.07, 6.45) is 3.45. The van der Waals surface area contributed by atoms with E-state index >= 15 is 0 Å². The van der Waals surface area contributed by atoms with Crippen molar-refractivity contribution in [1.82, 2.24) is 4.90 Å². The molecule has 0 unspecified atom stereocenters. The summed E-state index contributed by atoms with van der Waals surface area (Å²) in [6, 6.07) is 5.63. The number of anilines is 1. The maximum Gasteiger partial charge on any atom is 0.321 e. The molecule has 0 aliphatic carbocycles. The summed E-state index contributed by atoms with van der Waals surface area (Å²) < 4.78 is 0. The number of likely N-dealkylation sites (tertiary alicyclic amines) is 1. The Morgan fingerprint density at radius 3 is 3.00 bits per heavy atom. The molecule has 1 heterocycles. The largest absolute Gasteiger partial charge is 0.324 e. The molecule has 4 heteroatoms. The van der Waals surface area contributed by atoms with Gasteiger partial charge in [0, 0.05) is 13.1 Å². The number of hydrogen-bond acceptors (Lipinski definition) is 1. The first kappa shape index (κ1) is 14.2. The molecule has 0 bridgehead atoms. The molecule has 19 heavy (non-hydrogen) atoms. The molecule has 1 atom stereocenters. The van der Waals surface area contributed by atoms with Crippen molar-refractivity contribution in [1.29, 1.82) is 0 Å². The second-order valence-corrected chi connectivity index (χ2v) is 5.68. The quantitative estimate of drug-likeness (QED) is 0.860. The number of urea groups is 1. The lowest BCUT2D eigenvalue weighted by molar-refractivity contribution is 0.176. The lowest BCUT2D eigenvalue weighted by atomic mass is 9.96. The molecule has 1 aromatic rings. The second-order valence-electron chi connectivity index (χ2n) is 5.28. The van der Waals surface area contributed by atoms with E-state index in [4.69, 9.17) is 11.6 Å². The molecule has 0 saturated carbocycles. The average molecular weight is 281 g/mol. The maximum atomic E-state index is 12.2. The first-order chi connectivity index (χ1) is 9.10. The number of piperidine rings is 1. The van der Waals surface area contributed by atoms with Crippen molar-refractivity contribution >= 4 is 23.3 Å². The van der Waals surface area contributed by atoms with Crippen molar-refractivity contribution < 1.29 is 4.79 Å². The molecular weight excluding hydrogens is 260 g/mol. The van der Waals surface area contributed by atoms with E-state index < -0.39 is 0 Å². The van der Waals surface area contributed by atoms with Gasteiger partial charge in [-0.05, 0) is 43.4 Å². The summed E-state index contributed by atoms with van der Waals surface area (Å²) in [7, 11) is 0. The number of nitrogens with one attached hydrogen (secondary N) is 1. The van der Waals surface area contributed by atoms with Gasteiger partial charge in [-0.25, -0.2) is 4.79 Å². The molecule has 0 spiro atoms. The van der Waals surface area contributed by atoms with Gasteiger partial charge in [0.2, 0.25) is 0 Å². The van der Waals surface area contributed by atoms with Crippen LogP contribution in [0.4, 0.5) is 10.5 Å². The topological polar surface area (TPSA) is 32.3 Å². The van der Waals surface area contributed by atoms with Gasteiger partial charge < -0.3 is 10.2 Å². The predicted octanol–water partition coefficient (Wildman–Crippen LogP) is 4.30. The molecule has 1 N–H and O–H groups in total. The van der Waals surface area contributed by atoms with Crippen LogP contribution in [0.25, 0.3) is 0 Å². The minimum Gasteiger partial charge on any atom is -0.324 e. The van der Waals surface area contributed by atoms with E-state index in [1.807, 2.05) is 30.0 Å². The number of nitrogens with zero attached hydrogens (tertiary/aromatic N) is 1. The Bertz CT molecular complexity index is 461. The Morgan fingerprint density at radius 2 is 2.32 bits per heavy atom. The monoisotopic (exact) mass is 280 g/mol. The maximum absolute atomic E-state index is 12.2. The molecule has 1 saturated heterocycles. The highest BCUT2D eigenvalue weighted by molar-refractivity contribution is 6.33. The predicted molar refractivity (Wildman–Crippen MR) is 79.8 cm³/mol. The van der Waals surface area contributed by atoms with E-state index in [1.165, 1.54) is 6.42 Å². The molecule has 2 amide bonds. The SMILES string of the molecule is CC[C@@H]1CCCN(C(=O)Nc2ccc(C)cc2Cl)C1. The third-order valence-electron chi connectivity index (χ3n) is 3.75. The van der Waals surface area contributed by atoms with Crippen molar-refractivity contribution in [3.8, 4) is 0 Å². The van der Waals surface area contributed by atoms with Crippen LogP contribution >= 0.6 is 11.6 Å². The highest BCUT2D eigenvalue weighted by Gasteiger charge is 2.22. The van der Waals surface area contributed by atoms with E-state index in [0.717, 1.165) is 31.5 Å². The molecule has 1 aliphatic rings. The summed E-state index contributed by atoms with van der Waals surface area (Å²) >= 11 is 6.14. The van der Waals surface area contributed by atoms with Crippen molar-refractivity contribution in [3.05, 3.63) is 28.8 Å². The number of aryl methyl sites for hydroxylation is 1. The number of rotatable bonds is 2. The van der Waals surface area contributed by atoms with E-state index in [1.54, 1.807) is 0 Å². The molecule has 1 aromatic carbocycles. The van der Waals surface area contributed by atoms with Crippen molar-refractivity contribution in [3.63, 3.8) is 0 Å². The molecule has 104 valence electrons. The van der Waals surface area contributed by atoms with Crippen LogP contribution in [-0.2, 0) is 0 Å². The summed E-state index contributed by atoms with van der Waals surface area (Å²) in [6.45, 7) is 5.86. The summed E-state index contributed by atoms with van der Waals surface area (Å²) in [5.74, 6) is 0.632. The molecule has 1 aliphatic heterocycles. The number of carbonyl (C=O) groups is 1. The van der Waals surface area contributed by atoms with Gasteiger partial charge in [-0.3, -0.25) is 0 Å². The smallest absolute Gasteiger partial charge is 0.321 e. The Hall–Kier alpha value is -1.22. The van der Waals surface area contributed by atoms with E-state index in [0.29, 0.717) is 16.6 Å². The fraction of sp³-hybridized carbons (Fsp3) is 0.533. The minimum atomic E-state index is -0.0381. The van der Waals surface area contributed by atoms with Gasteiger partial charge in [-0.1, -0.05) is 31.0 Å². The number of hydrogen-bond donors (Lipinski definition) is 1. The zero-order valence-corrected chi connectivity index (χ0v) is 12.3. The normalized spacial score (nSPS) is 19.3. The highest BCUT2D eigenvalue weighted by Crippen LogP contribution is 2.24. The Kier molecular flexibility index (Phi) is 4.70. The van der Waals surface area contributed by atoms with Gasteiger partial charge >= 0.3 is 6.03 Å². The third-order valence-corrected chi connectivity index (χ3v) is 4.06. The van der Waals surface area contributed by atoms with Crippen LogP contribution in [-0.4, -0.2) is 24.0 Å². The van der Waals surface area contributed by atoms with Crippen molar-refractivity contribution in [2.45, 2.75) is 33.1 Å². The van der Waals surface area contributed by atoms with Crippen molar-refractivity contribution in [2.75, 3.05) is 18.4 Å². The number of halogens is 1. The lowest BCUT2D eigenvalue weighted by Crippen LogP contribution is -2.42. The molecular formula is C15H21ClN2O. The summed E-state index contributed by atoms with van der Waals surface area (Å²) in [5, 5.41) is 3.50. The summed E-state index contributed by atoms with van der Waals surface area (Å²) in [5.41, 5.74) is 1.78. The van der Waals surface area contributed by atoms with Crippen LogP contribution in [0.3, 0.4) is 0 Å². The van der Waals surface area contributed by atoms with Crippen LogP contribution in [0.2, 0.25) is 5.02 Å². The zero-order valence-electron chi connectivity index (χ0n) is 11.6. The van der Waals surface area contributed by atoms with Gasteiger partial charge in [0.15, 0.2) is 0 Å². The minimum absolute atomic E-state index is 0.0381. The summed E-state index contributed by atoms with van der Waals surface area (Å²) in [4.78, 5) is 14.1. The van der Waals surface area contributed by atoms with E-state index in [-0.39, 0.29) is 6.03 Å². The Balaban J connectivity index is 2.00. The Labute approximate surface area is 119 Å². The van der Waals surface area contributed by atoms with Gasteiger partial charge in [0.05, 0.1) is 10.7 Å². The number of carbonyl (C=O) groups excluding carboxylic acids is 1. The van der Waals surface area contributed by atoms with Crippen LogP contribution < -0.4 is 5.32 Å². The molecule has 0 aromatic heterocycles. The number of benzene rings is 1. The van der Waals surface area contributed by atoms with E-state index in [9.17, 15) is 4.79 Å². The fourth-order valence-corrected chi connectivity index (χ4v) is 2.78. The third kappa shape index (κ3) is 3.63. The van der Waals surface area contributed by atoms with Gasteiger partial charge in [-0.2, -0.15) is 0 Å². The van der Waals surface area contributed by atoms with Gasteiger partial charge in [0.1, 0.15) is 0 Å². The van der Waals surface area contributed by atoms with Crippen LogP contribution in [0.5, 0.6) is 0 Å². The second kappa shape index (κ2) is 6.29. The van der Waals surface area contributed by atoms with Crippen molar-refractivity contribution in [2.24, 2.45) is 5.92 Å². The molecule has 1 fully saturated rings. The molecule has 2 rings (SSSR count). The van der Waals surface area contributed by atoms with Crippen LogP contribution in [0.15, 0.2) is 18.2 Å². The van der Waals surface area contributed by atoms with E-state index in [2.05, 4.69) is 12.2 Å². The van der Waals surface area contributed by atoms with Crippen LogP contribution in [0, 0.1) is 12.8 Å². The van der Waals surface area contributed by atoms with Gasteiger partial charge in [0.25, 0.3) is 0 Å². The average Bonchev–Trinajstić information content (AvgIpc) is 2.42. The lowest BCUT2D eigenvalue weighted by Gasteiger charge is -2.32. The number of amides is 2. The zero-order chi connectivity index (χ0) is 13.8. The standard InChI is InChI=1S/C15H21ClN2O/c1-3-12-5-4-8-18(10-12)15(19)17-14-7-6-11(2)9-13(14)16/h6-7,9,12H,3-5,8,10H2,1-2H3,(H,17,19)/t12-/m1/s1. The van der Waals surface area contributed by atoms with Gasteiger partial charge in [-0.15, -0.1) is 0 Å². The first-order valence-corrected chi connectivity index (χ1v) is 7.30. The first-order valence-electron chi connectivity index (χ1n) is 6.92. The highest BCUT2D eigenvalue weighted by atomic mass is 35.5.